The van der Waals surface area contributed by atoms with Crippen LogP contribution in [0.5, 0.6) is 0 Å². The molecule has 1 N–H and O–H groups in total. The zero-order valence-electron chi connectivity index (χ0n) is 14.7. The number of ether oxygens (including phenoxy) is 1. The Morgan fingerprint density at radius 3 is 2.56 bits per heavy atom. The fourth-order valence-corrected chi connectivity index (χ4v) is 2.58. The lowest BCUT2D eigenvalue weighted by molar-refractivity contribution is 0.0938. The zero-order chi connectivity index (χ0) is 19.2. The van der Waals surface area contributed by atoms with E-state index in [-0.39, 0.29) is 17.5 Å². The highest BCUT2D eigenvalue weighted by Gasteiger charge is 2.18. The molecule has 0 radical (unpaired) electrons. The number of carbonyl (C=O) groups excluding carboxylic acids is 1. The standard InChI is InChI=1S/C19H18ClFN4O2/c1-27-12-2-11-22-19(26)17-23-18(13-3-7-15(21)8-4-13)25(24-17)16-9-5-14(20)6-10-16/h3-10H,2,11-12H2,1H3,(H,22,26). The molecule has 0 unspecified atom stereocenters. The third-order valence-electron chi connectivity index (χ3n) is 3.79. The van der Waals surface area contributed by atoms with Crippen LogP contribution in [0.1, 0.15) is 17.0 Å². The predicted octanol–water partition coefficient (Wildman–Crippen LogP) is 3.49. The van der Waals surface area contributed by atoms with Crippen molar-refractivity contribution >= 4 is 17.5 Å². The van der Waals surface area contributed by atoms with Crippen LogP contribution >= 0.6 is 11.6 Å². The van der Waals surface area contributed by atoms with E-state index >= 15 is 0 Å². The molecule has 0 aliphatic carbocycles. The van der Waals surface area contributed by atoms with E-state index in [2.05, 4.69) is 15.4 Å². The number of rotatable bonds is 7. The van der Waals surface area contributed by atoms with Gasteiger partial charge < -0.3 is 10.1 Å². The second-order valence-electron chi connectivity index (χ2n) is 5.76. The molecule has 3 aromatic rings. The van der Waals surface area contributed by atoms with E-state index in [9.17, 15) is 9.18 Å². The molecule has 0 aliphatic heterocycles. The van der Waals surface area contributed by atoms with E-state index < -0.39 is 0 Å². The lowest BCUT2D eigenvalue weighted by Crippen LogP contribution is -2.26. The van der Waals surface area contributed by atoms with E-state index in [1.54, 1.807) is 43.5 Å². The molecule has 8 heteroatoms. The highest BCUT2D eigenvalue weighted by molar-refractivity contribution is 6.30. The molecule has 0 spiro atoms. The normalized spacial score (nSPS) is 10.8. The van der Waals surface area contributed by atoms with Gasteiger partial charge in [-0.05, 0) is 55.0 Å². The van der Waals surface area contributed by atoms with Gasteiger partial charge in [0.25, 0.3) is 5.91 Å². The minimum absolute atomic E-state index is 0.0293. The van der Waals surface area contributed by atoms with Gasteiger partial charge in [-0.3, -0.25) is 4.79 Å². The zero-order valence-corrected chi connectivity index (χ0v) is 15.4. The van der Waals surface area contributed by atoms with Crippen molar-refractivity contribution in [3.05, 3.63) is 65.2 Å². The molecule has 0 bridgehead atoms. The largest absolute Gasteiger partial charge is 0.385 e. The summed E-state index contributed by atoms with van der Waals surface area (Å²) in [7, 11) is 1.60. The Bertz CT molecular complexity index is 847. The van der Waals surface area contributed by atoms with Gasteiger partial charge in [0.15, 0.2) is 5.82 Å². The van der Waals surface area contributed by atoms with Crippen molar-refractivity contribution in [3.8, 4) is 17.1 Å². The van der Waals surface area contributed by atoms with Crippen molar-refractivity contribution in [2.75, 3.05) is 20.3 Å². The van der Waals surface area contributed by atoms with Crippen molar-refractivity contribution in [2.45, 2.75) is 6.42 Å². The van der Waals surface area contributed by atoms with Crippen molar-refractivity contribution in [3.63, 3.8) is 0 Å². The number of methoxy groups -OCH3 is 1. The Morgan fingerprint density at radius 2 is 1.89 bits per heavy atom. The van der Waals surface area contributed by atoms with Crippen molar-refractivity contribution < 1.29 is 13.9 Å². The van der Waals surface area contributed by atoms with Gasteiger partial charge >= 0.3 is 0 Å². The maximum Gasteiger partial charge on any atom is 0.290 e. The van der Waals surface area contributed by atoms with E-state index in [0.29, 0.717) is 41.7 Å². The van der Waals surface area contributed by atoms with Crippen LogP contribution in [0, 0.1) is 5.82 Å². The summed E-state index contributed by atoms with van der Waals surface area (Å²) in [6.45, 7) is 1.00. The van der Waals surface area contributed by atoms with E-state index in [1.807, 2.05) is 0 Å². The maximum atomic E-state index is 13.3. The number of hydrogen-bond donors (Lipinski definition) is 1. The molecule has 1 amide bonds. The third kappa shape index (κ3) is 4.69. The summed E-state index contributed by atoms with van der Waals surface area (Å²) in [5.41, 5.74) is 1.32. The molecular formula is C19H18ClFN4O2. The van der Waals surface area contributed by atoms with Crippen LogP contribution < -0.4 is 5.32 Å². The first kappa shape index (κ1) is 19.0. The van der Waals surface area contributed by atoms with Gasteiger partial charge in [0.05, 0.1) is 5.69 Å². The lowest BCUT2D eigenvalue weighted by atomic mass is 10.2. The van der Waals surface area contributed by atoms with Crippen molar-refractivity contribution in [2.24, 2.45) is 0 Å². The first-order valence-corrected chi connectivity index (χ1v) is 8.72. The van der Waals surface area contributed by atoms with Crippen LogP contribution in [0.25, 0.3) is 17.1 Å². The average molecular weight is 389 g/mol. The number of aromatic nitrogens is 3. The van der Waals surface area contributed by atoms with Gasteiger partial charge in [-0.2, -0.15) is 0 Å². The van der Waals surface area contributed by atoms with Crippen LogP contribution in [-0.2, 0) is 4.74 Å². The Morgan fingerprint density at radius 1 is 1.19 bits per heavy atom. The Hall–Kier alpha value is -2.77. The molecule has 27 heavy (non-hydrogen) atoms. The van der Waals surface area contributed by atoms with Crippen LogP contribution in [0.15, 0.2) is 48.5 Å². The van der Waals surface area contributed by atoms with Crippen molar-refractivity contribution in [1.29, 1.82) is 0 Å². The molecule has 140 valence electrons. The maximum absolute atomic E-state index is 13.3. The fraction of sp³-hybridized carbons (Fsp3) is 0.211. The predicted molar refractivity (Wildman–Crippen MR) is 101 cm³/mol. The molecule has 1 heterocycles. The Labute approximate surface area is 160 Å². The molecule has 2 aromatic carbocycles. The summed E-state index contributed by atoms with van der Waals surface area (Å²) >= 11 is 5.95. The minimum atomic E-state index is -0.387. The van der Waals surface area contributed by atoms with Gasteiger partial charge in [0.1, 0.15) is 5.82 Å². The fourth-order valence-electron chi connectivity index (χ4n) is 2.45. The highest BCUT2D eigenvalue weighted by Crippen LogP contribution is 2.22. The SMILES string of the molecule is COCCCNC(=O)c1nc(-c2ccc(F)cc2)n(-c2ccc(Cl)cc2)n1. The second-order valence-corrected chi connectivity index (χ2v) is 6.19. The van der Waals surface area contributed by atoms with E-state index in [0.717, 1.165) is 0 Å². The van der Waals surface area contributed by atoms with Crippen LogP contribution in [-0.4, -0.2) is 40.9 Å². The summed E-state index contributed by atoms with van der Waals surface area (Å²) in [5.74, 6) is -0.282. The average Bonchev–Trinajstić information content (AvgIpc) is 3.12. The van der Waals surface area contributed by atoms with Crippen LogP contribution in [0.4, 0.5) is 4.39 Å². The Balaban J connectivity index is 1.94. The summed E-state index contributed by atoms with van der Waals surface area (Å²) in [6.07, 6.45) is 0.685. The monoisotopic (exact) mass is 388 g/mol. The number of amides is 1. The molecule has 1 aromatic heterocycles. The number of halogens is 2. The van der Waals surface area contributed by atoms with E-state index in [4.69, 9.17) is 16.3 Å². The first-order valence-electron chi connectivity index (χ1n) is 8.34. The molecule has 0 saturated carbocycles. The molecule has 0 fully saturated rings. The topological polar surface area (TPSA) is 69.0 Å². The molecule has 0 atom stereocenters. The summed E-state index contributed by atoms with van der Waals surface area (Å²) in [4.78, 5) is 16.7. The number of carbonyl (C=O) groups is 1. The molecular weight excluding hydrogens is 371 g/mol. The lowest BCUT2D eigenvalue weighted by Gasteiger charge is -2.06. The summed E-state index contributed by atoms with van der Waals surface area (Å²) < 4.78 is 19.8. The van der Waals surface area contributed by atoms with Crippen LogP contribution in [0.2, 0.25) is 5.02 Å². The molecule has 6 nitrogen and oxygen atoms in total. The number of nitrogens with one attached hydrogen (secondary N) is 1. The smallest absolute Gasteiger partial charge is 0.290 e. The number of hydrogen-bond acceptors (Lipinski definition) is 4. The number of benzene rings is 2. The minimum Gasteiger partial charge on any atom is -0.385 e. The van der Waals surface area contributed by atoms with Gasteiger partial charge in [-0.25, -0.2) is 14.1 Å². The number of nitrogens with zero attached hydrogens (tertiary/aromatic N) is 3. The van der Waals surface area contributed by atoms with Gasteiger partial charge in [-0.1, -0.05) is 11.6 Å². The summed E-state index contributed by atoms with van der Waals surface area (Å²) in [5, 5.41) is 7.67. The van der Waals surface area contributed by atoms with Crippen molar-refractivity contribution in [1.82, 2.24) is 20.1 Å². The van der Waals surface area contributed by atoms with E-state index in [1.165, 1.54) is 16.8 Å². The third-order valence-corrected chi connectivity index (χ3v) is 4.05. The first-order chi connectivity index (χ1) is 13.1. The molecule has 3 rings (SSSR count). The molecule has 0 saturated heterocycles. The highest BCUT2D eigenvalue weighted by atomic mass is 35.5. The van der Waals surface area contributed by atoms with Crippen LogP contribution in [0.3, 0.4) is 0 Å². The molecule has 0 aliphatic rings. The van der Waals surface area contributed by atoms with Gasteiger partial charge in [-0.15, -0.1) is 5.10 Å². The second kappa shape index (κ2) is 8.75. The summed E-state index contributed by atoms with van der Waals surface area (Å²) in [6, 6.07) is 12.8. The van der Waals surface area contributed by atoms with Gasteiger partial charge in [0, 0.05) is 30.8 Å². The van der Waals surface area contributed by atoms with Gasteiger partial charge in [0.2, 0.25) is 5.82 Å². The quantitative estimate of drug-likeness (QED) is 0.629. The Kier molecular flexibility index (Phi) is 6.16.